The van der Waals surface area contributed by atoms with Gasteiger partial charge >= 0.3 is 0 Å². The molecule has 1 aliphatic rings. The van der Waals surface area contributed by atoms with Gasteiger partial charge in [0.2, 0.25) is 5.52 Å². The van der Waals surface area contributed by atoms with Gasteiger partial charge in [-0.05, 0) is 70.4 Å². The van der Waals surface area contributed by atoms with E-state index in [1.54, 1.807) is 14.2 Å². The van der Waals surface area contributed by atoms with Crippen molar-refractivity contribution in [2.75, 3.05) is 19.1 Å². The molecule has 3 aromatic rings. The Bertz CT molecular complexity index is 1140. The molecule has 0 atom stereocenters. The van der Waals surface area contributed by atoms with Gasteiger partial charge in [-0.25, -0.2) is 0 Å². The molecule has 0 saturated carbocycles. The number of aryl methyl sites for hydroxylation is 1. The molecule has 4 nitrogen and oxygen atoms in total. The van der Waals surface area contributed by atoms with Crippen molar-refractivity contribution >= 4 is 22.3 Å². The second-order valence-corrected chi connectivity index (χ2v) is 8.69. The van der Waals surface area contributed by atoms with Gasteiger partial charge in [-0.15, -0.1) is 0 Å². The monoisotopic (exact) mass is 544 g/mol. The van der Waals surface area contributed by atoms with Gasteiger partial charge in [0.1, 0.15) is 11.5 Å². The quantitative estimate of drug-likeness (QED) is 0.281. The minimum Gasteiger partial charge on any atom is -1.00 e. The van der Waals surface area contributed by atoms with Gasteiger partial charge in [0.25, 0.3) is 0 Å². The number of pyridine rings is 1. The van der Waals surface area contributed by atoms with Gasteiger partial charge in [0.15, 0.2) is 12.2 Å². The maximum absolute atomic E-state index is 6.13. The molecule has 32 heavy (non-hydrogen) atoms. The molecule has 5 heteroatoms. The van der Waals surface area contributed by atoms with Crippen LogP contribution in [0.5, 0.6) is 5.75 Å². The minimum atomic E-state index is 0. The van der Waals surface area contributed by atoms with Crippen LogP contribution in [-0.2, 0) is 11.2 Å². The highest BCUT2D eigenvalue weighted by Gasteiger charge is 2.29. The van der Waals surface area contributed by atoms with Crippen molar-refractivity contribution in [3.63, 3.8) is 0 Å². The summed E-state index contributed by atoms with van der Waals surface area (Å²) in [6.07, 6.45) is 4.08. The summed E-state index contributed by atoms with van der Waals surface area (Å²) in [5, 5.41) is 1.22. The van der Waals surface area contributed by atoms with Crippen molar-refractivity contribution in [2.24, 2.45) is 0 Å². The molecule has 0 N–H and O–H groups in total. The first-order chi connectivity index (χ1) is 15.0. The fourth-order valence-electron chi connectivity index (χ4n) is 4.74. The minimum absolute atomic E-state index is 0. The molecule has 2 heterocycles. The number of ether oxygens (including phenoxy) is 2. The van der Waals surface area contributed by atoms with Crippen molar-refractivity contribution in [1.82, 2.24) is 0 Å². The Labute approximate surface area is 208 Å². The summed E-state index contributed by atoms with van der Waals surface area (Å²) in [7, 11) is 3.52. The van der Waals surface area contributed by atoms with Crippen LogP contribution in [0, 0.1) is 0 Å². The molecule has 0 unspecified atom stereocenters. The number of allylic oxidation sites excluding steroid dienone is 1. The highest BCUT2D eigenvalue weighted by Crippen LogP contribution is 2.40. The Hall–Kier alpha value is -2.28. The number of halogens is 1. The van der Waals surface area contributed by atoms with Crippen LogP contribution < -0.4 is 38.2 Å². The average Bonchev–Trinajstić information content (AvgIpc) is 2.78. The Morgan fingerprint density at radius 2 is 1.72 bits per heavy atom. The first-order valence-electron chi connectivity index (χ1n) is 11.1. The van der Waals surface area contributed by atoms with E-state index in [2.05, 4.69) is 85.8 Å². The molecular formula is C27H33IN2O2. The van der Waals surface area contributed by atoms with E-state index < -0.39 is 0 Å². The molecule has 0 radical (unpaired) electrons. The molecule has 0 fully saturated rings. The number of hydrogen-bond acceptors (Lipinski definition) is 3. The lowest BCUT2D eigenvalue weighted by Gasteiger charge is -2.38. The molecule has 170 valence electrons. The van der Waals surface area contributed by atoms with E-state index in [4.69, 9.17) is 9.47 Å². The van der Waals surface area contributed by atoms with Crippen molar-refractivity contribution < 1.29 is 38.0 Å². The topological polar surface area (TPSA) is 25.6 Å². The second-order valence-electron chi connectivity index (χ2n) is 8.69. The molecule has 0 bridgehead atoms. The van der Waals surface area contributed by atoms with E-state index in [0.29, 0.717) is 12.1 Å². The first-order valence-corrected chi connectivity index (χ1v) is 11.1. The van der Waals surface area contributed by atoms with Crippen molar-refractivity contribution in [3.8, 4) is 5.75 Å². The number of aromatic nitrogens is 1. The largest absolute Gasteiger partial charge is 1.00 e. The number of benzene rings is 2. The Morgan fingerprint density at radius 3 is 2.38 bits per heavy atom. The maximum atomic E-state index is 6.13. The predicted molar refractivity (Wildman–Crippen MR) is 127 cm³/mol. The van der Waals surface area contributed by atoms with Crippen LogP contribution in [-0.4, -0.2) is 20.3 Å². The summed E-state index contributed by atoms with van der Waals surface area (Å²) in [6.45, 7) is 8.91. The first kappa shape index (κ1) is 24.4. The van der Waals surface area contributed by atoms with Crippen LogP contribution >= 0.6 is 0 Å². The number of rotatable bonds is 5. The lowest BCUT2D eigenvalue weighted by molar-refractivity contribution is -0.691. The van der Waals surface area contributed by atoms with E-state index in [-0.39, 0.29) is 24.0 Å². The third-order valence-electron chi connectivity index (χ3n) is 6.13. The lowest BCUT2D eigenvalue weighted by Crippen LogP contribution is -3.00. The van der Waals surface area contributed by atoms with Crippen LogP contribution in [0.4, 0.5) is 5.69 Å². The summed E-state index contributed by atoms with van der Waals surface area (Å²) in [6, 6.07) is 17.9. The number of methoxy groups -OCH3 is 2. The fourth-order valence-corrected chi connectivity index (χ4v) is 4.74. The van der Waals surface area contributed by atoms with Crippen LogP contribution in [0.2, 0.25) is 0 Å². The summed E-state index contributed by atoms with van der Waals surface area (Å²) >= 11 is 0. The standard InChI is InChI=1S/C27H33N2O2.HI/c1-18(2)28-16-15-23(22-9-7-8-10-25(22)28)27(31-6)26-13-11-20-17-21(30-5)12-14-24(20)29(26)19(3)4;/h7-10,12,14-19H,11,13H2,1-6H3;1H/q+1;/p-1. The Kier molecular flexibility index (Phi) is 7.70. The van der Waals surface area contributed by atoms with Crippen LogP contribution in [0.25, 0.3) is 16.7 Å². The number of fused-ring (bicyclic) bond motifs is 2. The van der Waals surface area contributed by atoms with Crippen molar-refractivity contribution in [3.05, 3.63) is 71.6 Å². The van der Waals surface area contributed by atoms with E-state index in [1.165, 1.54) is 27.9 Å². The van der Waals surface area contributed by atoms with Gasteiger partial charge in [-0.1, -0.05) is 12.1 Å². The normalized spacial score (nSPS) is 14.9. The highest BCUT2D eigenvalue weighted by molar-refractivity contribution is 5.90. The van der Waals surface area contributed by atoms with Gasteiger partial charge in [0.05, 0.1) is 25.3 Å². The zero-order chi connectivity index (χ0) is 22.1. The van der Waals surface area contributed by atoms with E-state index in [9.17, 15) is 0 Å². The van der Waals surface area contributed by atoms with Crippen LogP contribution in [0.1, 0.15) is 51.3 Å². The molecular weight excluding hydrogens is 511 g/mol. The van der Waals surface area contributed by atoms with E-state index >= 15 is 0 Å². The number of hydrogen-bond donors (Lipinski definition) is 0. The zero-order valence-electron chi connectivity index (χ0n) is 19.9. The fraction of sp³-hybridized carbons (Fsp3) is 0.370. The number of anilines is 1. The van der Waals surface area contributed by atoms with Gasteiger partial charge in [-0.3, -0.25) is 0 Å². The number of nitrogens with zero attached hydrogens (tertiary/aromatic N) is 2. The van der Waals surface area contributed by atoms with E-state index in [1.807, 2.05) is 6.07 Å². The third-order valence-corrected chi connectivity index (χ3v) is 6.13. The van der Waals surface area contributed by atoms with Crippen molar-refractivity contribution in [1.29, 1.82) is 0 Å². The predicted octanol–water partition coefficient (Wildman–Crippen LogP) is 2.90. The van der Waals surface area contributed by atoms with Gasteiger partial charge < -0.3 is 38.4 Å². The van der Waals surface area contributed by atoms with Gasteiger partial charge in [0, 0.05) is 29.4 Å². The molecule has 0 aliphatic carbocycles. The molecule has 1 aromatic heterocycles. The molecule has 0 amide bonds. The van der Waals surface area contributed by atoms with E-state index in [0.717, 1.165) is 29.9 Å². The Balaban J connectivity index is 0.00000289. The SMILES string of the molecule is CO/C(=C1/CCc2cc(OC)ccc2N1C(C)C)c1cc[n+](C(C)C)c2ccccc12.[I-]. The second kappa shape index (κ2) is 10.1. The maximum Gasteiger partial charge on any atom is 0.213 e. The average molecular weight is 544 g/mol. The molecule has 0 saturated heterocycles. The molecule has 4 rings (SSSR count). The third kappa shape index (κ3) is 4.32. The molecule has 1 aliphatic heterocycles. The summed E-state index contributed by atoms with van der Waals surface area (Å²) in [5.41, 5.74) is 6.17. The number of para-hydroxylation sites is 1. The molecule has 2 aromatic carbocycles. The smallest absolute Gasteiger partial charge is 0.213 e. The Morgan fingerprint density at radius 1 is 0.969 bits per heavy atom. The summed E-state index contributed by atoms with van der Waals surface area (Å²) in [4.78, 5) is 2.43. The molecule has 0 spiro atoms. The summed E-state index contributed by atoms with van der Waals surface area (Å²) in [5.74, 6) is 1.87. The van der Waals surface area contributed by atoms with Crippen LogP contribution in [0.15, 0.2) is 60.4 Å². The zero-order valence-corrected chi connectivity index (χ0v) is 22.0. The highest BCUT2D eigenvalue weighted by atomic mass is 127. The lowest BCUT2D eigenvalue weighted by atomic mass is 9.94. The van der Waals surface area contributed by atoms with Crippen molar-refractivity contribution in [2.45, 2.75) is 52.6 Å². The summed E-state index contributed by atoms with van der Waals surface area (Å²) < 4.78 is 13.9. The van der Waals surface area contributed by atoms with Crippen LogP contribution in [0.3, 0.4) is 0 Å². The van der Waals surface area contributed by atoms with Gasteiger partial charge in [-0.2, -0.15) is 4.57 Å².